The van der Waals surface area contributed by atoms with Gasteiger partial charge in [-0.3, -0.25) is 19.6 Å². The fourth-order valence-corrected chi connectivity index (χ4v) is 6.26. The van der Waals surface area contributed by atoms with Crippen molar-refractivity contribution in [1.82, 2.24) is 10.3 Å². The Hall–Kier alpha value is -4.49. The van der Waals surface area contributed by atoms with Crippen molar-refractivity contribution in [3.05, 3.63) is 34.5 Å². The molecule has 0 saturated heterocycles. The van der Waals surface area contributed by atoms with Crippen LogP contribution in [0, 0.1) is 5.41 Å². The minimum absolute atomic E-state index is 0.0408. The molecule has 1 atom stereocenters. The molecule has 0 aliphatic heterocycles. The molecule has 1 aromatic heterocycles. The first-order valence-corrected chi connectivity index (χ1v) is 17.2. The van der Waals surface area contributed by atoms with Gasteiger partial charge < -0.3 is 49.4 Å². The van der Waals surface area contributed by atoms with E-state index >= 15 is 0 Å². The number of aromatic amines is 1. The Morgan fingerprint density at radius 3 is 1.76 bits per heavy atom. The van der Waals surface area contributed by atoms with Crippen LogP contribution < -0.4 is 39.7 Å². The van der Waals surface area contributed by atoms with Crippen LogP contribution in [-0.4, -0.2) is 67.5 Å². The van der Waals surface area contributed by atoms with Crippen molar-refractivity contribution in [3.63, 3.8) is 0 Å². The van der Waals surface area contributed by atoms with Crippen molar-refractivity contribution >= 4 is 40.7 Å². The number of hydrogen-bond acceptors (Lipinski definition) is 6. The van der Waals surface area contributed by atoms with E-state index in [1.54, 1.807) is 0 Å². The Bertz CT molecular complexity index is 1550. The molecule has 1 amide bonds. The molecule has 0 radical (unpaired) electrons. The number of nitrogens with two attached hydrogens (primary N) is 6. The van der Waals surface area contributed by atoms with Gasteiger partial charge in [0, 0.05) is 48.1 Å². The smallest absolute Gasteiger partial charge is 0.313 e. The van der Waals surface area contributed by atoms with Crippen LogP contribution in [0.4, 0.5) is 0 Å². The topological polar surface area (TPSA) is 264 Å². The third kappa shape index (κ3) is 11.3. The molecule has 0 aliphatic rings. The lowest BCUT2D eigenvalue weighted by Crippen LogP contribution is -2.47. The predicted octanol–water partition coefficient (Wildman–Crippen LogP) is 2.63. The van der Waals surface area contributed by atoms with Gasteiger partial charge in [0.25, 0.3) is 0 Å². The molecule has 50 heavy (non-hydrogen) atoms. The first kappa shape index (κ1) is 41.7. The monoisotopic (exact) mass is 698 g/mol. The zero-order valence-electron chi connectivity index (χ0n) is 31.9. The van der Waals surface area contributed by atoms with E-state index in [1.165, 1.54) is 12.7 Å². The lowest BCUT2D eigenvalue weighted by atomic mass is 9.77. The molecule has 0 bridgehead atoms. The first-order valence-electron chi connectivity index (χ1n) is 17.2. The Kier molecular flexibility index (Phi) is 13.7. The van der Waals surface area contributed by atoms with Crippen LogP contribution in [0.15, 0.2) is 27.1 Å². The quantitative estimate of drug-likeness (QED) is 0.0587. The normalized spacial score (nSPS) is 13.0. The number of guanidine groups is 3. The van der Waals surface area contributed by atoms with Crippen molar-refractivity contribution < 1.29 is 14.3 Å². The van der Waals surface area contributed by atoms with Gasteiger partial charge in [-0.25, -0.2) is 4.99 Å². The third-order valence-electron chi connectivity index (χ3n) is 8.87. The summed E-state index contributed by atoms with van der Waals surface area (Å²) in [6.45, 7) is 20.1. The summed E-state index contributed by atoms with van der Waals surface area (Å²) in [5.41, 5.74) is 37.6. The predicted molar refractivity (Wildman–Crippen MR) is 205 cm³/mol. The average molecular weight is 698 g/mol. The van der Waals surface area contributed by atoms with Crippen LogP contribution in [0.2, 0.25) is 0 Å². The number of benzene rings is 1. The minimum Gasteiger partial charge on any atom is -0.469 e. The van der Waals surface area contributed by atoms with Crippen molar-refractivity contribution in [2.24, 2.45) is 54.8 Å². The number of amides is 1. The molecule has 2 rings (SSSR count). The zero-order chi connectivity index (χ0) is 38.2. The van der Waals surface area contributed by atoms with Crippen molar-refractivity contribution in [1.29, 1.82) is 0 Å². The molecular weight excluding hydrogens is 634 g/mol. The van der Waals surface area contributed by atoms with Gasteiger partial charge in [0.05, 0.1) is 12.5 Å². The highest BCUT2D eigenvalue weighted by atomic mass is 16.5. The van der Waals surface area contributed by atoms with Gasteiger partial charge in [0.2, 0.25) is 5.91 Å². The van der Waals surface area contributed by atoms with Crippen LogP contribution in [0.25, 0.3) is 10.9 Å². The third-order valence-corrected chi connectivity index (χ3v) is 8.87. The summed E-state index contributed by atoms with van der Waals surface area (Å²) in [6.07, 6.45) is 1.78. The molecule has 0 aliphatic carbocycles. The van der Waals surface area contributed by atoms with E-state index in [0.29, 0.717) is 38.8 Å². The number of hydrogen-bond donors (Lipinski definition) is 8. The van der Waals surface area contributed by atoms with Crippen LogP contribution in [0.3, 0.4) is 0 Å². The minimum atomic E-state index is -1.12. The number of nitrogens with one attached hydrogen (secondary N) is 2. The van der Waals surface area contributed by atoms with Crippen LogP contribution in [-0.2, 0) is 37.0 Å². The number of H-pyrrole nitrogens is 1. The van der Waals surface area contributed by atoms with Crippen molar-refractivity contribution in [3.8, 4) is 0 Å². The fourth-order valence-electron chi connectivity index (χ4n) is 6.26. The lowest BCUT2D eigenvalue weighted by molar-refractivity contribution is -0.154. The summed E-state index contributed by atoms with van der Waals surface area (Å²) < 4.78 is 5.26. The molecule has 2 aromatic rings. The SMILES string of the molecule is COC(=O)C(CCCN=C(N)N)(CCCN=C(N)N)CNC(=O)C(Cc1c(C(C)(C)C)[nH]c2cc(C(C)(C)C)cc(C(C)(C)C)c12)N=C(N)N. The van der Waals surface area contributed by atoms with E-state index < -0.39 is 23.3 Å². The number of methoxy groups -OCH3 is 1. The maximum absolute atomic E-state index is 14.2. The van der Waals surface area contributed by atoms with Gasteiger partial charge in [-0.1, -0.05) is 68.4 Å². The Morgan fingerprint density at radius 1 is 0.800 bits per heavy atom. The number of rotatable bonds is 15. The molecular formula is C36H63N11O3. The number of esters is 1. The molecule has 14 nitrogen and oxygen atoms in total. The fraction of sp³-hybridized carbons (Fsp3) is 0.639. The van der Waals surface area contributed by atoms with E-state index in [4.69, 9.17) is 39.1 Å². The number of nitrogens with zero attached hydrogens (tertiary/aromatic N) is 3. The second-order valence-electron chi connectivity index (χ2n) is 16.3. The highest BCUT2D eigenvalue weighted by Crippen LogP contribution is 2.41. The van der Waals surface area contributed by atoms with Gasteiger partial charge >= 0.3 is 5.97 Å². The highest BCUT2D eigenvalue weighted by molar-refractivity contribution is 5.92. The maximum Gasteiger partial charge on any atom is 0.313 e. The summed E-state index contributed by atoms with van der Waals surface area (Å²) in [4.78, 5) is 43.8. The second-order valence-corrected chi connectivity index (χ2v) is 16.3. The number of ether oxygens (including phenoxy) is 1. The standard InChI is InChI=1S/C36H63N11O3/c1-33(2,3)21-17-23(34(4,5)6)26-22(27(35(7,8)9)46-24(26)18-21)19-25(47-32(41)42)28(48)45-20-36(29(49)50-10,13-11-15-43-30(37)38)14-12-16-44-31(39)40/h17-18,25,46H,11-16,19-20H2,1-10H3,(H,45,48)(H4,37,38,43)(H4,39,40,44)(H4,41,42,47). The zero-order valence-corrected chi connectivity index (χ0v) is 31.9. The number of carbonyl (C=O) groups is 2. The van der Waals surface area contributed by atoms with Gasteiger partial charge in [-0.15, -0.1) is 0 Å². The summed E-state index contributed by atoms with van der Waals surface area (Å²) >= 11 is 0. The maximum atomic E-state index is 14.2. The Balaban J connectivity index is 2.66. The number of aromatic nitrogens is 1. The number of fused-ring (bicyclic) bond motifs is 1. The first-order chi connectivity index (χ1) is 22.9. The summed E-state index contributed by atoms with van der Waals surface area (Å²) in [5, 5.41) is 4.06. The van der Waals surface area contributed by atoms with Crippen molar-refractivity contribution in [2.75, 3.05) is 26.7 Å². The molecule has 1 heterocycles. The second kappa shape index (κ2) is 16.5. The van der Waals surface area contributed by atoms with Gasteiger partial charge in [0.1, 0.15) is 6.04 Å². The molecule has 14 heteroatoms. The Labute approximate surface area is 297 Å². The van der Waals surface area contributed by atoms with E-state index in [-0.39, 0.29) is 47.1 Å². The Morgan fingerprint density at radius 2 is 1.34 bits per heavy atom. The number of carbonyl (C=O) groups excluding carboxylic acids is 2. The molecule has 1 aromatic carbocycles. The highest BCUT2D eigenvalue weighted by Gasteiger charge is 2.40. The van der Waals surface area contributed by atoms with Crippen molar-refractivity contribution in [2.45, 2.75) is 117 Å². The van der Waals surface area contributed by atoms with Gasteiger partial charge in [-0.05, 0) is 59.3 Å². The molecule has 0 fully saturated rings. The summed E-state index contributed by atoms with van der Waals surface area (Å²) in [6, 6.07) is 3.49. The van der Waals surface area contributed by atoms with Crippen LogP contribution in [0.5, 0.6) is 0 Å². The summed E-state index contributed by atoms with van der Waals surface area (Å²) in [5.74, 6) is -1.24. The van der Waals surface area contributed by atoms with Crippen LogP contribution >= 0.6 is 0 Å². The summed E-state index contributed by atoms with van der Waals surface area (Å²) in [7, 11) is 1.32. The van der Waals surface area contributed by atoms with E-state index in [9.17, 15) is 9.59 Å². The molecule has 280 valence electrons. The van der Waals surface area contributed by atoms with E-state index in [0.717, 1.165) is 27.7 Å². The molecule has 0 spiro atoms. The lowest BCUT2D eigenvalue weighted by Gasteiger charge is -2.32. The average Bonchev–Trinajstić information content (AvgIpc) is 3.36. The van der Waals surface area contributed by atoms with E-state index in [1.807, 2.05) is 0 Å². The van der Waals surface area contributed by atoms with Gasteiger partial charge in [0.15, 0.2) is 17.9 Å². The van der Waals surface area contributed by atoms with Gasteiger partial charge in [-0.2, -0.15) is 0 Å². The molecule has 0 saturated carbocycles. The molecule has 1 unspecified atom stereocenters. The largest absolute Gasteiger partial charge is 0.469 e. The number of aliphatic imine (C=N–C) groups is 3. The van der Waals surface area contributed by atoms with E-state index in [2.05, 4.69) is 99.7 Å². The van der Waals surface area contributed by atoms with Crippen LogP contribution in [0.1, 0.15) is 110 Å². The molecule has 14 N–H and O–H groups in total.